The summed E-state index contributed by atoms with van der Waals surface area (Å²) in [5, 5.41) is 3.97. The van der Waals surface area contributed by atoms with Gasteiger partial charge in [0, 0.05) is 30.9 Å². The van der Waals surface area contributed by atoms with Crippen molar-refractivity contribution in [3.63, 3.8) is 0 Å². The van der Waals surface area contributed by atoms with Crippen LogP contribution in [-0.2, 0) is 0 Å². The first-order valence-electron chi connectivity index (χ1n) is 8.26. The number of halogens is 1. The highest BCUT2D eigenvalue weighted by atomic mass is 19.1. The molecule has 1 aliphatic rings. The molecule has 130 valence electrons. The lowest BCUT2D eigenvalue weighted by Crippen LogP contribution is -2.18. The first-order valence-corrected chi connectivity index (χ1v) is 8.26. The fraction of sp³-hybridized carbons (Fsp3) is 0.263. The average molecular weight is 349 g/mol. The summed E-state index contributed by atoms with van der Waals surface area (Å²) in [6, 6.07) is 9.02. The second-order valence-corrected chi connectivity index (χ2v) is 6.14. The average Bonchev–Trinajstić information content (AvgIpc) is 3.27. The summed E-state index contributed by atoms with van der Waals surface area (Å²) in [5.74, 6) is 6.80. The van der Waals surface area contributed by atoms with Crippen molar-refractivity contribution in [2.75, 3.05) is 13.6 Å². The number of nitrogens with zero attached hydrogens (tertiary/aromatic N) is 5. The molecule has 4 heterocycles. The van der Waals surface area contributed by atoms with E-state index in [4.69, 9.17) is 4.52 Å². The smallest absolute Gasteiger partial charge is 0.244 e. The molecule has 3 aromatic rings. The fourth-order valence-corrected chi connectivity index (χ4v) is 2.87. The van der Waals surface area contributed by atoms with Gasteiger partial charge in [-0.05, 0) is 37.2 Å². The minimum absolute atomic E-state index is 0.185. The zero-order valence-electron chi connectivity index (χ0n) is 14.1. The molecule has 0 N–H and O–H groups in total. The monoisotopic (exact) mass is 349 g/mol. The molecule has 6 nitrogen and oxygen atoms in total. The molecule has 2 atom stereocenters. The maximum atomic E-state index is 13.5. The number of alkyl halides is 1. The van der Waals surface area contributed by atoms with Gasteiger partial charge < -0.3 is 4.52 Å². The molecular formula is C19H16FN5O. The largest absolute Gasteiger partial charge is 0.337 e. The molecule has 1 aliphatic heterocycles. The van der Waals surface area contributed by atoms with E-state index in [2.05, 4.69) is 31.9 Å². The number of rotatable bonds is 2. The van der Waals surface area contributed by atoms with E-state index in [1.54, 1.807) is 18.5 Å². The van der Waals surface area contributed by atoms with Crippen LogP contribution in [0.3, 0.4) is 0 Å². The van der Waals surface area contributed by atoms with Crippen LogP contribution in [0.5, 0.6) is 0 Å². The molecule has 3 aromatic heterocycles. The van der Waals surface area contributed by atoms with Gasteiger partial charge in [-0.25, -0.2) is 9.37 Å². The van der Waals surface area contributed by atoms with Crippen LogP contribution in [0.15, 0.2) is 47.2 Å². The highest BCUT2D eigenvalue weighted by Gasteiger charge is 2.34. The molecule has 0 radical (unpaired) electrons. The van der Waals surface area contributed by atoms with Gasteiger partial charge in [-0.15, -0.1) is 0 Å². The van der Waals surface area contributed by atoms with E-state index in [0.29, 0.717) is 36.1 Å². The Hall–Kier alpha value is -3.11. The van der Waals surface area contributed by atoms with Crippen molar-refractivity contribution in [1.82, 2.24) is 25.0 Å². The summed E-state index contributed by atoms with van der Waals surface area (Å²) in [7, 11) is 1.85. The lowest BCUT2D eigenvalue weighted by molar-refractivity contribution is 0.243. The van der Waals surface area contributed by atoms with Crippen molar-refractivity contribution < 1.29 is 8.91 Å². The predicted octanol–water partition coefficient (Wildman–Crippen LogP) is 2.64. The molecule has 0 saturated carbocycles. The van der Waals surface area contributed by atoms with Gasteiger partial charge in [0.05, 0.1) is 6.04 Å². The van der Waals surface area contributed by atoms with Crippen molar-refractivity contribution in [2.24, 2.45) is 0 Å². The number of likely N-dealkylation sites (tertiary alicyclic amines) is 1. The van der Waals surface area contributed by atoms with Crippen molar-refractivity contribution >= 4 is 0 Å². The summed E-state index contributed by atoms with van der Waals surface area (Å²) in [6.07, 6.45) is 2.86. The molecule has 0 unspecified atom stereocenters. The van der Waals surface area contributed by atoms with Gasteiger partial charge in [0.25, 0.3) is 0 Å². The highest BCUT2D eigenvalue weighted by Crippen LogP contribution is 2.31. The first-order chi connectivity index (χ1) is 12.7. The Balaban J connectivity index is 1.50. The molecule has 4 rings (SSSR count). The molecule has 7 heteroatoms. The van der Waals surface area contributed by atoms with Gasteiger partial charge >= 0.3 is 0 Å². The lowest BCUT2D eigenvalue weighted by atomic mass is 10.2. The maximum absolute atomic E-state index is 13.5. The molecule has 0 bridgehead atoms. The second-order valence-electron chi connectivity index (χ2n) is 6.14. The summed E-state index contributed by atoms with van der Waals surface area (Å²) in [5.41, 5.74) is 2.05. The molecule has 0 aliphatic carbocycles. The number of hydrogen-bond acceptors (Lipinski definition) is 6. The van der Waals surface area contributed by atoms with Gasteiger partial charge in [0.2, 0.25) is 11.7 Å². The Labute approximate surface area is 150 Å². The van der Waals surface area contributed by atoms with E-state index in [1.807, 2.05) is 36.2 Å². The van der Waals surface area contributed by atoms with Crippen LogP contribution >= 0.6 is 0 Å². The molecule has 0 amide bonds. The van der Waals surface area contributed by atoms with E-state index >= 15 is 0 Å². The summed E-state index contributed by atoms with van der Waals surface area (Å²) >= 11 is 0. The van der Waals surface area contributed by atoms with Gasteiger partial charge in [-0.1, -0.05) is 17.1 Å². The normalized spacial score (nSPS) is 19.9. The van der Waals surface area contributed by atoms with Gasteiger partial charge in [-0.2, -0.15) is 4.98 Å². The Kier molecular flexibility index (Phi) is 4.42. The quantitative estimate of drug-likeness (QED) is 0.663. The number of pyridine rings is 2. The standard InChI is InChI=1S/C19H16FN5O/c1-25-12-14(20)10-17(25)19-23-18(24-26-19)16-8-6-13(11-22-16)5-7-15-4-2-3-9-21-15/h2-4,6,8-9,11,14,17H,10,12H2,1H3/t14-,17-/m1/s1. The molecule has 26 heavy (non-hydrogen) atoms. The first kappa shape index (κ1) is 16.4. The summed E-state index contributed by atoms with van der Waals surface area (Å²) in [6.45, 7) is 0.379. The van der Waals surface area contributed by atoms with Crippen LogP contribution in [0.4, 0.5) is 4.39 Å². The minimum Gasteiger partial charge on any atom is -0.337 e. The van der Waals surface area contributed by atoms with E-state index in [9.17, 15) is 4.39 Å². The van der Waals surface area contributed by atoms with E-state index in [-0.39, 0.29) is 6.04 Å². The Morgan fingerprint density at radius 2 is 2.12 bits per heavy atom. The Morgan fingerprint density at radius 3 is 2.81 bits per heavy atom. The highest BCUT2D eigenvalue weighted by molar-refractivity contribution is 5.50. The van der Waals surface area contributed by atoms with E-state index < -0.39 is 6.17 Å². The van der Waals surface area contributed by atoms with Crippen molar-refractivity contribution in [3.05, 3.63) is 59.9 Å². The van der Waals surface area contributed by atoms with Crippen molar-refractivity contribution in [1.29, 1.82) is 0 Å². The molecular weight excluding hydrogens is 333 g/mol. The number of aromatic nitrogens is 4. The maximum Gasteiger partial charge on any atom is 0.244 e. The third-order valence-electron chi connectivity index (χ3n) is 4.22. The van der Waals surface area contributed by atoms with Crippen LogP contribution in [0.25, 0.3) is 11.5 Å². The fourth-order valence-electron chi connectivity index (χ4n) is 2.87. The lowest BCUT2D eigenvalue weighted by Gasteiger charge is -2.13. The van der Waals surface area contributed by atoms with E-state index in [0.717, 1.165) is 5.56 Å². The molecule has 0 spiro atoms. The van der Waals surface area contributed by atoms with Gasteiger partial charge in [-0.3, -0.25) is 9.88 Å². The third kappa shape index (κ3) is 3.46. The van der Waals surface area contributed by atoms with Crippen LogP contribution in [0.2, 0.25) is 0 Å². The van der Waals surface area contributed by atoms with Crippen LogP contribution in [-0.4, -0.2) is 44.8 Å². The topological polar surface area (TPSA) is 67.9 Å². The van der Waals surface area contributed by atoms with E-state index in [1.165, 1.54) is 0 Å². The van der Waals surface area contributed by atoms with Crippen LogP contribution in [0, 0.1) is 11.8 Å². The van der Waals surface area contributed by atoms with Crippen LogP contribution < -0.4 is 0 Å². The SMILES string of the molecule is CN1C[C@H](F)C[C@@H]1c1nc(-c2ccc(C#Cc3ccccn3)cn2)no1. The zero-order chi connectivity index (χ0) is 17.9. The molecule has 1 fully saturated rings. The Morgan fingerprint density at radius 1 is 1.19 bits per heavy atom. The van der Waals surface area contributed by atoms with Crippen molar-refractivity contribution in [3.8, 4) is 23.4 Å². The second kappa shape index (κ2) is 7.02. The van der Waals surface area contributed by atoms with Crippen LogP contribution in [0.1, 0.15) is 29.6 Å². The predicted molar refractivity (Wildman–Crippen MR) is 92.6 cm³/mol. The van der Waals surface area contributed by atoms with Crippen molar-refractivity contribution in [2.45, 2.75) is 18.6 Å². The summed E-state index contributed by atoms with van der Waals surface area (Å²) in [4.78, 5) is 14.7. The van der Waals surface area contributed by atoms with Gasteiger partial charge in [0.1, 0.15) is 17.6 Å². The minimum atomic E-state index is -0.865. The Bertz CT molecular complexity index is 945. The third-order valence-corrected chi connectivity index (χ3v) is 4.22. The van der Waals surface area contributed by atoms with Gasteiger partial charge in [0.15, 0.2) is 0 Å². The zero-order valence-corrected chi connectivity index (χ0v) is 14.1. The molecule has 0 aromatic carbocycles. The summed E-state index contributed by atoms with van der Waals surface area (Å²) < 4.78 is 18.8. The number of hydrogen-bond donors (Lipinski definition) is 0. The molecule has 1 saturated heterocycles.